The van der Waals surface area contributed by atoms with Crippen LogP contribution in [0.3, 0.4) is 0 Å². The van der Waals surface area contributed by atoms with Gasteiger partial charge in [0.15, 0.2) is 0 Å². The number of carbonyl (C=O) groups is 2. The van der Waals surface area contributed by atoms with Gasteiger partial charge in [-0.15, -0.1) is 0 Å². The summed E-state index contributed by atoms with van der Waals surface area (Å²) in [5.41, 5.74) is 1.55. The molecule has 5 heteroatoms. The number of amides is 1. The van der Waals surface area contributed by atoms with Gasteiger partial charge in [0.2, 0.25) is 5.91 Å². The van der Waals surface area contributed by atoms with Crippen molar-refractivity contribution in [3.8, 4) is 0 Å². The van der Waals surface area contributed by atoms with E-state index < -0.39 is 5.66 Å². The van der Waals surface area contributed by atoms with Crippen LogP contribution in [0.1, 0.15) is 45.1 Å². The molecule has 1 saturated carbocycles. The number of benzene rings is 1. The molecule has 1 unspecified atom stereocenters. The fraction of sp³-hybridized carbons (Fsp3) is 0.500. The van der Waals surface area contributed by atoms with E-state index in [2.05, 4.69) is 46.6 Å². The number of fused-ring (bicyclic) bond motifs is 1. The van der Waals surface area contributed by atoms with E-state index >= 15 is 0 Å². The Kier molecular flexibility index (Phi) is 4.07. The highest BCUT2D eigenvalue weighted by Crippen LogP contribution is 2.64. The Morgan fingerprint density at radius 3 is 2.80 bits per heavy atom. The largest absolute Gasteiger partial charge is 0.300 e. The van der Waals surface area contributed by atoms with E-state index in [0.717, 1.165) is 31.6 Å². The Bertz CT molecular complexity index is 790. The highest BCUT2D eigenvalue weighted by atomic mass is 127. The molecule has 1 amide bonds. The van der Waals surface area contributed by atoms with Crippen molar-refractivity contribution in [2.75, 3.05) is 18.0 Å². The van der Waals surface area contributed by atoms with Crippen LogP contribution in [-0.4, -0.2) is 35.3 Å². The van der Waals surface area contributed by atoms with Gasteiger partial charge in [-0.3, -0.25) is 19.4 Å². The van der Waals surface area contributed by atoms with Crippen molar-refractivity contribution >= 4 is 40.0 Å². The minimum absolute atomic E-state index is 0.0751. The smallest absolute Gasteiger partial charge is 0.225 e. The molecule has 2 fully saturated rings. The van der Waals surface area contributed by atoms with Crippen LogP contribution in [0.5, 0.6) is 0 Å². The highest BCUT2D eigenvalue weighted by molar-refractivity contribution is 14.1. The third-order valence-corrected chi connectivity index (χ3v) is 7.31. The van der Waals surface area contributed by atoms with E-state index in [9.17, 15) is 9.59 Å². The topological polar surface area (TPSA) is 40.6 Å². The van der Waals surface area contributed by atoms with Crippen molar-refractivity contribution < 1.29 is 9.59 Å². The average molecular weight is 450 g/mol. The minimum atomic E-state index is -0.393. The summed E-state index contributed by atoms with van der Waals surface area (Å²) in [4.78, 5) is 29.7. The summed E-state index contributed by atoms with van der Waals surface area (Å²) >= 11 is 2.38. The zero-order chi connectivity index (χ0) is 17.8. The van der Waals surface area contributed by atoms with Crippen LogP contribution < -0.4 is 4.90 Å². The molecular weight excluding hydrogens is 427 g/mol. The normalized spacial score (nSPS) is 31.7. The van der Waals surface area contributed by atoms with Gasteiger partial charge in [-0.1, -0.05) is 24.3 Å². The van der Waals surface area contributed by atoms with Gasteiger partial charge in [-0.05, 0) is 54.0 Å². The molecule has 4 rings (SSSR count). The average Bonchev–Trinajstić information content (AvgIpc) is 3.03. The molecule has 2 heterocycles. The Balaban J connectivity index is 1.95. The van der Waals surface area contributed by atoms with Gasteiger partial charge in [-0.25, -0.2) is 0 Å². The molecule has 1 aromatic carbocycles. The fourth-order valence-corrected chi connectivity index (χ4v) is 5.89. The second kappa shape index (κ2) is 5.91. The predicted octanol–water partition coefficient (Wildman–Crippen LogP) is 3.78. The zero-order valence-corrected chi connectivity index (χ0v) is 16.9. The van der Waals surface area contributed by atoms with Crippen molar-refractivity contribution in [2.45, 2.75) is 50.6 Å². The van der Waals surface area contributed by atoms with E-state index in [1.807, 2.05) is 23.1 Å². The van der Waals surface area contributed by atoms with E-state index in [-0.39, 0.29) is 11.3 Å². The summed E-state index contributed by atoms with van der Waals surface area (Å²) in [6.45, 7) is 5.48. The summed E-state index contributed by atoms with van der Waals surface area (Å²) < 4.78 is 1.28. The highest BCUT2D eigenvalue weighted by Gasteiger charge is 2.70. The van der Waals surface area contributed by atoms with E-state index in [1.165, 1.54) is 9.14 Å². The first-order valence-electron chi connectivity index (χ1n) is 8.94. The molecule has 2 aliphatic heterocycles. The number of halogens is 1. The summed E-state index contributed by atoms with van der Waals surface area (Å²) in [6.07, 6.45) is 4.91. The number of Topliss-reactive ketones (excluding diaryl/α,β-unsaturated/α-hetero) is 1. The molecule has 0 aromatic heterocycles. The molecule has 4 nitrogen and oxygen atoms in total. The van der Waals surface area contributed by atoms with Gasteiger partial charge in [0.1, 0.15) is 11.4 Å². The lowest BCUT2D eigenvalue weighted by Crippen LogP contribution is -2.66. The molecule has 2 atom stereocenters. The molecule has 0 bridgehead atoms. The maximum atomic E-state index is 12.8. The number of rotatable bonds is 2. The molecule has 3 aliphatic rings. The standard InChI is InChI=1S/C20H23IN2O2/c1-3-15(21)13-22-11-10-19-12-16(25)8-9-20(19,22)23(14(2)24)18-7-5-4-6-17(18)19/h3-7H,8-13H2,1-2H3/b15-3-/t19-,20?/m1/s1. The van der Waals surface area contributed by atoms with Crippen LogP contribution in [0, 0.1) is 0 Å². The molecular formula is C20H23IN2O2. The number of nitrogens with zero attached hydrogens (tertiary/aromatic N) is 2. The molecule has 0 radical (unpaired) electrons. The van der Waals surface area contributed by atoms with Crippen LogP contribution in [0.4, 0.5) is 5.69 Å². The monoisotopic (exact) mass is 450 g/mol. The van der Waals surface area contributed by atoms with Crippen molar-refractivity contribution in [1.82, 2.24) is 4.90 Å². The van der Waals surface area contributed by atoms with Crippen LogP contribution in [-0.2, 0) is 15.0 Å². The van der Waals surface area contributed by atoms with Crippen molar-refractivity contribution in [3.05, 3.63) is 39.5 Å². The predicted molar refractivity (Wildman–Crippen MR) is 107 cm³/mol. The Hall–Kier alpha value is -1.21. The summed E-state index contributed by atoms with van der Waals surface area (Å²) in [6, 6.07) is 8.22. The first-order valence-corrected chi connectivity index (χ1v) is 10.0. The van der Waals surface area contributed by atoms with E-state index in [4.69, 9.17) is 0 Å². The van der Waals surface area contributed by atoms with Gasteiger partial charge in [0.05, 0.1) is 0 Å². The number of anilines is 1. The van der Waals surface area contributed by atoms with Crippen LogP contribution in [0.25, 0.3) is 0 Å². The van der Waals surface area contributed by atoms with Crippen molar-refractivity contribution in [1.29, 1.82) is 0 Å². The maximum Gasteiger partial charge on any atom is 0.225 e. The van der Waals surface area contributed by atoms with Gasteiger partial charge in [0, 0.05) is 47.5 Å². The SMILES string of the molecule is C/C=C(\I)CN1CC[C@]23CC(=O)CCC12N(C(C)=O)c1ccccc13. The fourth-order valence-electron chi connectivity index (χ4n) is 5.48. The number of para-hydroxylation sites is 1. The van der Waals surface area contributed by atoms with Gasteiger partial charge < -0.3 is 0 Å². The van der Waals surface area contributed by atoms with Crippen molar-refractivity contribution in [3.63, 3.8) is 0 Å². The lowest BCUT2D eigenvalue weighted by Gasteiger charge is -2.52. The maximum absolute atomic E-state index is 12.8. The molecule has 1 saturated heterocycles. The molecule has 1 aliphatic carbocycles. The second-order valence-corrected chi connectivity index (χ2v) is 8.78. The zero-order valence-electron chi connectivity index (χ0n) is 14.7. The number of ketones is 1. The lowest BCUT2D eigenvalue weighted by molar-refractivity contribution is -0.128. The first-order chi connectivity index (χ1) is 12.0. The summed E-state index contributed by atoms with van der Waals surface area (Å²) in [5.74, 6) is 0.407. The molecule has 132 valence electrons. The quantitative estimate of drug-likeness (QED) is 0.644. The number of likely N-dealkylation sites (tertiary alicyclic amines) is 1. The molecule has 25 heavy (non-hydrogen) atoms. The van der Waals surface area contributed by atoms with Crippen LogP contribution >= 0.6 is 22.6 Å². The second-order valence-electron chi connectivity index (χ2n) is 7.39. The minimum Gasteiger partial charge on any atom is -0.300 e. The van der Waals surface area contributed by atoms with Crippen LogP contribution in [0.2, 0.25) is 0 Å². The number of hydrogen-bond donors (Lipinski definition) is 0. The van der Waals surface area contributed by atoms with Gasteiger partial charge in [-0.2, -0.15) is 0 Å². The van der Waals surface area contributed by atoms with Crippen LogP contribution in [0.15, 0.2) is 33.9 Å². The van der Waals surface area contributed by atoms with E-state index in [0.29, 0.717) is 18.6 Å². The third kappa shape index (κ3) is 2.14. The Labute approximate surface area is 162 Å². The summed E-state index contributed by atoms with van der Waals surface area (Å²) in [7, 11) is 0. The third-order valence-electron chi connectivity index (χ3n) is 6.35. The Morgan fingerprint density at radius 2 is 2.08 bits per heavy atom. The number of hydrogen-bond acceptors (Lipinski definition) is 3. The first kappa shape index (κ1) is 17.2. The Morgan fingerprint density at radius 1 is 1.32 bits per heavy atom. The number of allylic oxidation sites excluding steroid dienone is 1. The van der Waals surface area contributed by atoms with Gasteiger partial charge >= 0.3 is 0 Å². The molecule has 1 aromatic rings. The lowest BCUT2D eigenvalue weighted by atomic mass is 9.63. The summed E-state index contributed by atoms with van der Waals surface area (Å²) in [5, 5.41) is 0. The van der Waals surface area contributed by atoms with E-state index in [1.54, 1.807) is 6.92 Å². The molecule has 0 spiro atoms. The van der Waals surface area contributed by atoms with Gasteiger partial charge in [0.25, 0.3) is 0 Å². The van der Waals surface area contributed by atoms with Crippen molar-refractivity contribution in [2.24, 2.45) is 0 Å². The molecule has 0 N–H and O–H groups in total. The number of carbonyl (C=O) groups excluding carboxylic acids is 2.